The number of rotatable bonds is 7. The van der Waals surface area contributed by atoms with Crippen LogP contribution in [0.3, 0.4) is 0 Å². The summed E-state index contributed by atoms with van der Waals surface area (Å²) in [6.07, 6.45) is 0.995. The number of carbonyl (C=O) groups excluding carboxylic acids is 1. The molecule has 0 aliphatic carbocycles. The highest BCUT2D eigenvalue weighted by atomic mass is 79.9. The van der Waals surface area contributed by atoms with Crippen molar-refractivity contribution >= 4 is 21.7 Å². The fourth-order valence-corrected chi connectivity index (χ4v) is 3.98. The molecule has 0 bridgehead atoms. The Labute approximate surface area is 241 Å². The highest BCUT2D eigenvalue weighted by molar-refractivity contribution is 9.08. The van der Waals surface area contributed by atoms with Gasteiger partial charge in [0.1, 0.15) is 23.3 Å². The van der Waals surface area contributed by atoms with Gasteiger partial charge in [0.05, 0.1) is 24.8 Å². The Morgan fingerprint density at radius 3 is 1.83 bits per heavy atom. The first-order valence-corrected chi connectivity index (χ1v) is 13.3. The van der Waals surface area contributed by atoms with Crippen LogP contribution >= 0.6 is 15.9 Å². The minimum atomic E-state index is -0.845. The second kappa shape index (κ2) is 16.4. The van der Waals surface area contributed by atoms with E-state index in [1.165, 1.54) is 24.3 Å². The SMILES string of the molecule is CC(=O)c1cn(Cc2c(F)cccc2F)c(=O)[nH]c1=O.CN[C@@H](CO)c1ccccc1.Fc1cccc(F)c1CBr. The number of alkyl halides is 1. The number of nitrogens with zero attached hydrogens (tertiary/aromatic N) is 1. The molecule has 0 aliphatic rings. The van der Waals surface area contributed by atoms with Crippen molar-refractivity contribution in [1.29, 1.82) is 0 Å². The van der Waals surface area contributed by atoms with Crippen LogP contribution in [0.4, 0.5) is 17.6 Å². The molecule has 0 saturated heterocycles. The summed E-state index contributed by atoms with van der Waals surface area (Å²) >= 11 is 2.98. The Balaban J connectivity index is 0.000000236. The number of ketones is 1. The fourth-order valence-electron chi connectivity index (χ4n) is 3.44. The van der Waals surface area contributed by atoms with Crippen molar-refractivity contribution in [2.24, 2.45) is 0 Å². The second-order valence-corrected chi connectivity index (χ2v) is 9.02. The van der Waals surface area contributed by atoms with Crippen molar-refractivity contribution in [2.75, 3.05) is 13.7 Å². The van der Waals surface area contributed by atoms with Crippen LogP contribution in [-0.2, 0) is 11.9 Å². The third-order valence-electron chi connectivity index (χ3n) is 5.71. The third-order valence-corrected chi connectivity index (χ3v) is 6.27. The smallest absolute Gasteiger partial charge is 0.328 e. The number of aliphatic hydroxyl groups excluding tert-OH is 1. The minimum Gasteiger partial charge on any atom is -0.394 e. The second-order valence-electron chi connectivity index (χ2n) is 8.45. The summed E-state index contributed by atoms with van der Waals surface area (Å²) in [5, 5.41) is 12.1. The zero-order valence-corrected chi connectivity index (χ0v) is 23.7. The molecule has 1 heterocycles. The molecule has 218 valence electrons. The van der Waals surface area contributed by atoms with Gasteiger partial charge in [-0.3, -0.25) is 19.1 Å². The summed E-state index contributed by atoms with van der Waals surface area (Å²) in [6, 6.07) is 17.1. The predicted molar refractivity (Wildman–Crippen MR) is 151 cm³/mol. The van der Waals surface area contributed by atoms with Crippen LogP contribution in [0.15, 0.2) is 82.5 Å². The summed E-state index contributed by atoms with van der Waals surface area (Å²) < 4.78 is 53.1. The number of nitrogens with one attached hydrogen (secondary N) is 2. The molecule has 0 aliphatic heterocycles. The Morgan fingerprint density at radius 1 is 0.902 bits per heavy atom. The number of hydrogen-bond acceptors (Lipinski definition) is 5. The van der Waals surface area contributed by atoms with Gasteiger partial charge in [0.25, 0.3) is 5.56 Å². The molecule has 3 N–H and O–H groups in total. The highest BCUT2D eigenvalue weighted by Gasteiger charge is 2.13. The predicted octanol–water partition coefficient (Wildman–Crippen LogP) is 4.86. The molecule has 12 heteroatoms. The maximum absolute atomic E-state index is 13.5. The zero-order chi connectivity index (χ0) is 30.5. The van der Waals surface area contributed by atoms with Crippen molar-refractivity contribution in [3.8, 4) is 0 Å². The van der Waals surface area contributed by atoms with E-state index >= 15 is 0 Å². The van der Waals surface area contributed by atoms with Crippen LogP contribution < -0.4 is 16.6 Å². The van der Waals surface area contributed by atoms with E-state index in [2.05, 4.69) is 21.2 Å². The van der Waals surface area contributed by atoms with E-state index in [0.29, 0.717) is 0 Å². The summed E-state index contributed by atoms with van der Waals surface area (Å²) in [4.78, 5) is 36.1. The number of hydrogen-bond donors (Lipinski definition) is 3. The number of H-pyrrole nitrogens is 1. The number of aliphatic hydroxyl groups is 1. The largest absolute Gasteiger partial charge is 0.394 e. The molecule has 4 aromatic rings. The average Bonchev–Trinajstić information content (AvgIpc) is 2.94. The molecular weight excluding hydrogens is 610 g/mol. The van der Waals surface area contributed by atoms with Gasteiger partial charge in [0, 0.05) is 22.7 Å². The van der Waals surface area contributed by atoms with E-state index in [4.69, 9.17) is 5.11 Å². The van der Waals surface area contributed by atoms with Gasteiger partial charge in [0.15, 0.2) is 5.78 Å². The summed E-state index contributed by atoms with van der Waals surface area (Å²) in [7, 11) is 1.84. The van der Waals surface area contributed by atoms with Crippen LogP contribution in [0.2, 0.25) is 0 Å². The lowest BCUT2D eigenvalue weighted by Gasteiger charge is -2.12. The van der Waals surface area contributed by atoms with Gasteiger partial charge in [-0.05, 0) is 43.8 Å². The Bertz CT molecular complexity index is 1520. The quantitative estimate of drug-likeness (QED) is 0.152. The number of Topliss-reactive ketones (excluding diaryl/α,β-unsaturated/α-hetero) is 1. The van der Waals surface area contributed by atoms with Crippen molar-refractivity contribution in [1.82, 2.24) is 14.9 Å². The summed E-state index contributed by atoms with van der Waals surface area (Å²) in [6.45, 7) is 0.873. The molecule has 0 unspecified atom stereocenters. The Hall–Kier alpha value is -3.87. The summed E-state index contributed by atoms with van der Waals surface area (Å²) in [5.41, 5.74) is -1.03. The number of carbonyl (C=O) groups is 1. The van der Waals surface area contributed by atoms with Gasteiger partial charge in [-0.15, -0.1) is 0 Å². The van der Waals surface area contributed by atoms with Gasteiger partial charge in [-0.1, -0.05) is 58.4 Å². The standard InChI is InChI=1S/C13H10F2N2O3.C9H13NO.C7H5BrF2/c1-7(18)8-5-17(13(20)16-12(8)19)6-9-10(14)3-2-4-11(9)15;1-10-9(7-11)8-5-3-2-4-6-8;8-4-5-6(9)2-1-3-7(5)10/h2-5H,6H2,1H3,(H,16,19,20);2-6,9-11H,7H2,1H3;1-3H,4H2/t;9-;/m.0./s1. The van der Waals surface area contributed by atoms with Gasteiger partial charge in [-0.25, -0.2) is 22.4 Å². The molecule has 7 nitrogen and oxygen atoms in total. The number of benzene rings is 3. The number of halogens is 5. The normalized spacial score (nSPS) is 11.0. The lowest BCUT2D eigenvalue weighted by molar-refractivity contribution is 0.101. The van der Waals surface area contributed by atoms with Crippen LogP contribution in [0.25, 0.3) is 0 Å². The Kier molecular flexibility index (Phi) is 13.3. The van der Waals surface area contributed by atoms with E-state index in [1.54, 1.807) is 0 Å². The van der Waals surface area contributed by atoms with Crippen molar-refractivity contribution in [3.63, 3.8) is 0 Å². The van der Waals surface area contributed by atoms with Crippen LogP contribution in [0.1, 0.15) is 40.0 Å². The van der Waals surface area contributed by atoms with Gasteiger partial charge in [0.2, 0.25) is 0 Å². The van der Waals surface area contributed by atoms with E-state index in [1.807, 2.05) is 42.4 Å². The first-order chi connectivity index (χ1) is 19.5. The monoisotopic (exact) mass is 637 g/mol. The van der Waals surface area contributed by atoms with Crippen LogP contribution in [0.5, 0.6) is 0 Å². The molecule has 3 aromatic carbocycles. The number of likely N-dealkylation sites (N-methyl/N-ethyl adjacent to an activating group) is 1. The van der Waals surface area contributed by atoms with Gasteiger partial charge < -0.3 is 10.4 Å². The first kappa shape index (κ1) is 33.3. The van der Waals surface area contributed by atoms with Gasteiger partial charge >= 0.3 is 5.69 Å². The molecular formula is C29H28BrF4N3O4. The molecule has 41 heavy (non-hydrogen) atoms. The zero-order valence-electron chi connectivity index (χ0n) is 22.1. The van der Waals surface area contributed by atoms with E-state index in [-0.39, 0.29) is 34.7 Å². The third kappa shape index (κ3) is 9.62. The molecule has 1 aromatic heterocycles. The topological polar surface area (TPSA) is 104 Å². The number of aromatic nitrogens is 2. The van der Waals surface area contributed by atoms with Crippen molar-refractivity contribution < 1.29 is 27.5 Å². The molecule has 0 spiro atoms. The Morgan fingerprint density at radius 2 is 1.41 bits per heavy atom. The lowest BCUT2D eigenvalue weighted by atomic mass is 10.1. The lowest BCUT2D eigenvalue weighted by Crippen LogP contribution is -2.33. The van der Waals surface area contributed by atoms with E-state index < -0.39 is 46.8 Å². The molecule has 1 atom stereocenters. The first-order valence-electron chi connectivity index (χ1n) is 12.1. The van der Waals surface area contributed by atoms with Crippen LogP contribution in [0, 0.1) is 23.3 Å². The summed E-state index contributed by atoms with van der Waals surface area (Å²) in [5.74, 6) is -3.18. The molecule has 4 rings (SSSR count). The van der Waals surface area contributed by atoms with Crippen LogP contribution in [-0.4, -0.2) is 34.1 Å². The fraction of sp³-hybridized carbons (Fsp3) is 0.207. The number of aromatic amines is 1. The minimum absolute atomic E-state index is 0.0659. The average molecular weight is 638 g/mol. The molecule has 0 fully saturated rings. The van der Waals surface area contributed by atoms with E-state index in [0.717, 1.165) is 35.4 Å². The molecule has 0 saturated carbocycles. The molecule has 0 radical (unpaired) electrons. The van der Waals surface area contributed by atoms with Crippen molar-refractivity contribution in [2.45, 2.75) is 24.8 Å². The molecule has 0 amide bonds. The maximum Gasteiger partial charge on any atom is 0.328 e. The van der Waals surface area contributed by atoms with Crippen molar-refractivity contribution in [3.05, 3.63) is 139 Å². The van der Waals surface area contributed by atoms with E-state index in [9.17, 15) is 31.9 Å². The van der Waals surface area contributed by atoms with Gasteiger partial charge in [-0.2, -0.15) is 0 Å². The maximum atomic E-state index is 13.5. The highest BCUT2D eigenvalue weighted by Crippen LogP contribution is 2.15.